The maximum Gasteiger partial charge on any atom is 0.0816 e. The van der Waals surface area contributed by atoms with Gasteiger partial charge in [0.25, 0.3) is 0 Å². The third kappa shape index (κ3) is 2.83. The van der Waals surface area contributed by atoms with Crippen LogP contribution in [0.25, 0.3) is 0 Å². The molecule has 0 saturated heterocycles. The summed E-state index contributed by atoms with van der Waals surface area (Å²) >= 11 is 0. The van der Waals surface area contributed by atoms with E-state index in [0.29, 0.717) is 6.42 Å². The first kappa shape index (κ1) is 10.2. The molecule has 0 aliphatic rings. The van der Waals surface area contributed by atoms with Crippen molar-refractivity contribution in [3.63, 3.8) is 0 Å². The van der Waals surface area contributed by atoms with Gasteiger partial charge in [0.15, 0.2) is 0 Å². The molecule has 0 fully saturated rings. The Kier molecular flexibility index (Phi) is 3.93. The van der Waals surface area contributed by atoms with Gasteiger partial charge in [0.1, 0.15) is 0 Å². The van der Waals surface area contributed by atoms with Crippen molar-refractivity contribution >= 4 is 0 Å². The molecule has 1 rings (SSSR count). The van der Waals surface area contributed by atoms with Crippen molar-refractivity contribution in [2.45, 2.75) is 19.4 Å². The molecule has 0 heterocycles. The summed E-state index contributed by atoms with van der Waals surface area (Å²) < 4.78 is 0. The molecule has 0 aromatic heterocycles. The summed E-state index contributed by atoms with van der Waals surface area (Å²) in [6.07, 6.45) is 0.170. The molecule has 2 N–H and O–H groups in total. The van der Waals surface area contributed by atoms with Crippen molar-refractivity contribution in [3.05, 3.63) is 35.9 Å². The van der Waals surface area contributed by atoms with Gasteiger partial charge in [0.2, 0.25) is 0 Å². The number of hydrogen-bond donors (Lipinski definition) is 2. The number of aliphatic hydroxyl groups is 2. The molecule has 0 aliphatic heterocycles. The zero-order chi connectivity index (χ0) is 9.68. The van der Waals surface area contributed by atoms with Crippen LogP contribution in [-0.2, 0) is 0 Å². The lowest BCUT2D eigenvalue weighted by Gasteiger charge is -2.17. The third-order valence-electron chi connectivity index (χ3n) is 2.26. The lowest BCUT2D eigenvalue weighted by Crippen LogP contribution is -2.10. The van der Waals surface area contributed by atoms with Crippen molar-refractivity contribution in [1.29, 1.82) is 0 Å². The second-order valence-corrected chi connectivity index (χ2v) is 3.35. The van der Waals surface area contributed by atoms with Crippen LogP contribution >= 0.6 is 0 Å². The molecule has 2 nitrogen and oxygen atoms in total. The van der Waals surface area contributed by atoms with Gasteiger partial charge in [-0.05, 0) is 17.9 Å². The Morgan fingerprint density at radius 3 is 2.38 bits per heavy atom. The van der Waals surface area contributed by atoms with Crippen LogP contribution in [0, 0.1) is 5.92 Å². The highest BCUT2D eigenvalue weighted by molar-refractivity contribution is 5.17. The molecular formula is C11H16O2. The molecule has 1 aromatic rings. The van der Waals surface area contributed by atoms with Gasteiger partial charge in [-0.2, -0.15) is 0 Å². The van der Waals surface area contributed by atoms with Crippen LogP contribution in [0.15, 0.2) is 30.3 Å². The van der Waals surface area contributed by atoms with Crippen LogP contribution in [0.2, 0.25) is 0 Å². The van der Waals surface area contributed by atoms with E-state index in [1.54, 1.807) is 0 Å². The summed E-state index contributed by atoms with van der Waals surface area (Å²) in [7, 11) is 0. The summed E-state index contributed by atoms with van der Waals surface area (Å²) in [6, 6.07) is 9.54. The van der Waals surface area contributed by atoms with Gasteiger partial charge < -0.3 is 10.2 Å². The minimum absolute atomic E-state index is 0.104. The summed E-state index contributed by atoms with van der Waals surface area (Å²) in [6.45, 7) is 2.07. The number of benzene rings is 1. The van der Waals surface area contributed by atoms with E-state index in [2.05, 4.69) is 0 Å². The summed E-state index contributed by atoms with van der Waals surface area (Å²) in [5, 5.41) is 18.5. The first-order chi connectivity index (χ1) is 6.25. The summed E-state index contributed by atoms with van der Waals surface area (Å²) in [5.41, 5.74) is 0.920. The fourth-order valence-electron chi connectivity index (χ4n) is 1.34. The second-order valence-electron chi connectivity index (χ2n) is 3.35. The number of rotatable bonds is 4. The quantitative estimate of drug-likeness (QED) is 0.741. The maximum absolute atomic E-state index is 9.81. The Hall–Kier alpha value is -0.860. The van der Waals surface area contributed by atoms with Crippen LogP contribution in [0.1, 0.15) is 25.0 Å². The molecule has 0 saturated carbocycles. The molecule has 2 unspecified atom stereocenters. The highest BCUT2D eigenvalue weighted by Gasteiger charge is 2.14. The van der Waals surface area contributed by atoms with Gasteiger partial charge in [-0.1, -0.05) is 37.3 Å². The van der Waals surface area contributed by atoms with E-state index in [9.17, 15) is 5.11 Å². The number of aliphatic hydroxyl groups excluding tert-OH is 2. The smallest absolute Gasteiger partial charge is 0.0816 e. The van der Waals surface area contributed by atoms with E-state index in [4.69, 9.17) is 5.11 Å². The zero-order valence-electron chi connectivity index (χ0n) is 7.85. The van der Waals surface area contributed by atoms with E-state index in [0.717, 1.165) is 5.56 Å². The van der Waals surface area contributed by atoms with E-state index >= 15 is 0 Å². The first-order valence-electron chi connectivity index (χ1n) is 4.59. The normalized spacial score (nSPS) is 15.3. The van der Waals surface area contributed by atoms with Crippen molar-refractivity contribution in [1.82, 2.24) is 0 Å². The molecular weight excluding hydrogens is 164 g/mol. The van der Waals surface area contributed by atoms with Crippen molar-refractivity contribution in [3.8, 4) is 0 Å². The van der Waals surface area contributed by atoms with E-state index < -0.39 is 6.10 Å². The average molecular weight is 180 g/mol. The highest BCUT2D eigenvalue weighted by Crippen LogP contribution is 2.23. The Morgan fingerprint density at radius 1 is 1.23 bits per heavy atom. The average Bonchev–Trinajstić information content (AvgIpc) is 2.18. The Morgan fingerprint density at radius 2 is 1.85 bits per heavy atom. The van der Waals surface area contributed by atoms with Crippen molar-refractivity contribution < 1.29 is 10.2 Å². The number of hydrogen-bond acceptors (Lipinski definition) is 2. The molecule has 2 atom stereocenters. The SMILES string of the molecule is CC(CCO)C(O)c1ccccc1. The van der Waals surface area contributed by atoms with E-state index in [-0.39, 0.29) is 12.5 Å². The van der Waals surface area contributed by atoms with Crippen LogP contribution in [0.4, 0.5) is 0 Å². The largest absolute Gasteiger partial charge is 0.396 e. The maximum atomic E-state index is 9.81. The first-order valence-corrected chi connectivity index (χ1v) is 4.59. The molecule has 0 spiro atoms. The van der Waals surface area contributed by atoms with Crippen LogP contribution in [-0.4, -0.2) is 16.8 Å². The Labute approximate surface area is 78.8 Å². The monoisotopic (exact) mass is 180 g/mol. The molecule has 0 radical (unpaired) electrons. The lowest BCUT2D eigenvalue weighted by atomic mass is 9.95. The Balaban J connectivity index is 2.62. The van der Waals surface area contributed by atoms with Crippen molar-refractivity contribution in [2.75, 3.05) is 6.61 Å². The van der Waals surface area contributed by atoms with Crippen molar-refractivity contribution in [2.24, 2.45) is 5.92 Å². The van der Waals surface area contributed by atoms with Gasteiger partial charge in [-0.25, -0.2) is 0 Å². The second kappa shape index (κ2) is 5.00. The zero-order valence-corrected chi connectivity index (χ0v) is 7.85. The van der Waals surface area contributed by atoms with Gasteiger partial charge >= 0.3 is 0 Å². The predicted octanol–water partition coefficient (Wildman–Crippen LogP) is 1.74. The highest BCUT2D eigenvalue weighted by atomic mass is 16.3. The van der Waals surface area contributed by atoms with Crippen LogP contribution in [0.5, 0.6) is 0 Å². The predicted molar refractivity (Wildman–Crippen MR) is 52.3 cm³/mol. The molecule has 13 heavy (non-hydrogen) atoms. The minimum atomic E-state index is -0.464. The molecule has 0 amide bonds. The van der Waals surface area contributed by atoms with Gasteiger partial charge in [-0.15, -0.1) is 0 Å². The molecule has 1 aromatic carbocycles. The van der Waals surface area contributed by atoms with Gasteiger partial charge in [-0.3, -0.25) is 0 Å². The van der Waals surface area contributed by atoms with E-state index in [1.807, 2.05) is 37.3 Å². The molecule has 72 valence electrons. The van der Waals surface area contributed by atoms with Gasteiger partial charge in [0.05, 0.1) is 6.10 Å². The summed E-state index contributed by atoms with van der Waals surface area (Å²) in [4.78, 5) is 0. The standard InChI is InChI=1S/C11H16O2/c1-9(7-8-12)11(13)10-5-3-2-4-6-10/h2-6,9,11-13H,7-8H2,1H3. The fraction of sp³-hybridized carbons (Fsp3) is 0.455. The van der Waals surface area contributed by atoms with E-state index in [1.165, 1.54) is 0 Å². The molecule has 2 heteroatoms. The molecule has 0 aliphatic carbocycles. The topological polar surface area (TPSA) is 40.5 Å². The molecule has 0 bridgehead atoms. The van der Waals surface area contributed by atoms with Gasteiger partial charge in [0, 0.05) is 6.61 Å². The lowest BCUT2D eigenvalue weighted by molar-refractivity contribution is 0.0991. The minimum Gasteiger partial charge on any atom is -0.396 e. The third-order valence-corrected chi connectivity index (χ3v) is 2.26. The fourth-order valence-corrected chi connectivity index (χ4v) is 1.34. The summed E-state index contributed by atoms with van der Waals surface area (Å²) in [5.74, 6) is 0.104. The Bertz CT molecular complexity index is 233. The van der Waals surface area contributed by atoms with Crippen LogP contribution in [0.3, 0.4) is 0 Å². The van der Waals surface area contributed by atoms with Crippen LogP contribution < -0.4 is 0 Å².